The van der Waals surface area contributed by atoms with Crippen LogP contribution in [0.5, 0.6) is 0 Å². The number of carbonyl (C=O) groups excluding carboxylic acids is 1. The molecule has 3 rings (SSSR count). The van der Waals surface area contributed by atoms with Gasteiger partial charge in [-0.2, -0.15) is 5.10 Å². The number of amides is 1. The summed E-state index contributed by atoms with van der Waals surface area (Å²) in [5.41, 5.74) is 5.17. The first-order valence-electron chi connectivity index (χ1n) is 9.09. The molecule has 5 heteroatoms. The van der Waals surface area contributed by atoms with Gasteiger partial charge in [0.2, 0.25) is 0 Å². The summed E-state index contributed by atoms with van der Waals surface area (Å²) < 4.78 is 1.96. The van der Waals surface area contributed by atoms with Crippen molar-refractivity contribution in [1.82, 2.24) is 20.0 Å². The molecule has 1 atom stereocenters. The van der Waals surface area contributed by atoms with E-state index in [1.54, 1.807) is 0 Å². The van der Waals surface area contributed by atoms with Gasteiger partial charge in [-0.25, -0.2) is 4.68 Å². The molecule has 1 heterocycles. The third kappa shape index (κ3) is 3.93. The van der Waals surface area contributed by atoms with Crippen molar-refractivity contribution in [2.75, 3.05) is 20.6 Å². The Morgan fingerprint density at radius 3 is 2.68 bits per heavy atom. The minimum absolute atomic E-state index is 0.0460. The lowest BCUT2D eigenvalue weighted by molar-refractivity contribution is 0.0930. The van der Waals surface area contributed by atoms with Crippen LogP contribution < -0.4 is 5.32 Å². The van der Waals surface area contributed by atoms with E-state index in [-0.39, 0.29) is 11.9 Å². The number of fused-ring (bicyclic) bond motifs is 1. The van der Waals surface area contributed by atoms with Crippen LogP contribution in [0.1, 0.15) is 47.1 Å². The standard InChI is InChI=1S/C20H28N4O/c1-14-8-10-16(11-9-14)24-18-7-5-6-17(18)19(22-24)20(25)21-15(2)12-13-23(3)4/h8-11,15H,5-7,12-13H2,1-4H3,(H,21,25)/t15-/m1/s1. The fraction of sp³-hybridized carbons (Fsp3) is 0.500. The Labute approximate surface area is 150 Å². The van der Waals surface area contributed by atoms with Crippen LogP contribution in [0.15, 0.2) is 24.3 Å². The molecule has 1 N–H and O–H groups in total. The van der Waals surface area contributed by atoms with Gasteiger partial charge in [0, 0.05) is 17.3 Å². The van der Waals surface area contributed by atoms with E-state index in [0.29, 0.717) is 5.69 Å². The average molecular weight is 340 g/mol. The molecule has 5 nitrogen and oxygen atoms in total. The lowest BCUT2D eigenvalue weighted by Crippen LogP contribution is -2.35. The Kier molecular flexibility index (Phi) is 5.23. The number of hydrogen-bond donors (Lipinski definition) is 1. The van der Waals surface area contributed by atoms with E-state index in [1.165, 1.54) is 11.3 Å². The maximum atomic E-state index is 12.8. The number of rotatable bonds is 6. The predicted molar refractivity (Wildman–Crippen MR) is 100 cm³/mol. The Hall–Kier alpha value is -2.14. The first kappa shape index (κ1) is 17.7. The number of nitrogens with one attached hydrogen (secondary N) is 1. The SMILES string of the molecule is Cc1ccc(-n2nc(C(=O)N[C@H](C)CCN(C)C)c3c2CCC3)cc1. The van der Waals surface area contributed by atoms with Crippen LogP contribution in [-0.4, -0.2) is 47.3 Å². The summed E-state index contributed by atoms with van der Waals surface area (Å²) in [4.78, 5) is 14.9. The fourth-order valence-electron chi connectivity index (χ4n) is 3.34. The number of aromatic nitrogens is 2. The summed E-state index contributed by atoms with van der Waals surface area (Å²) in [7, 11) is 4.09. The smallest absolute Gasteiger partial charge is 0.272 e. The molecule has 2 aromatic rings. The average Bonchev–Trinajstić information content (AvgIpc) is 3.16. The maximum absolute atomic E-state index is 12.8. The summed E-state index contributed by atoms with van der Waals surface area (Å²) in [5.74, 6) is -0.0460. The molecule has 0 spiro atoms. The molecule has 25 heavy (non-hydrogen) atoms. The lowest BCUT2D eigenvalue weighted by Gasteiger charge is -2.16. The first-order chi connectivity index (χ1) is 12.0. The second kappa shape index (κ2) is 7.40. The highest BCUT2D eigenvalue weighted by Crippen LogP contribution is 2.28. The topological polar surface area (TPSA) is 50.2 Å². The summed E-state index contributed by atoms with van der Waals surface area (Å²) >= 11 is 0. The van der Waals surface area contributed by atoms with Crippen LogP contribution in [0, 0.1) is 6.92 Å². The molecule has 0 saturated carbocycles. The number of benzene rings is 1. The Bertz CT molecular complexity index is 746. The van der Waals surface area contributed by atoms with Crippen LogP contribution in [0.2, 0.25) is 0 Å². The van der Waals surface area contributed by atoms with Gasteiger partial charge in [0.05, 0.1) is 5.69 Å². The first-order valence-corrected chi connectivity index (χ1v) is 9.09. The number of carbonyl (C=O) groups is 1. The monoisotopic (exact) mass is 340 g/mol. The van der Waals surface area contributed by atoms with Gasteiger partial charge in [0.15, 0.2) is 5.69 Å². The summed E-state index contributed by atoms with van der Waals surface area (Å²) in [6.07, 6.45) is 3.95. The molecule has 1 aromatic carbocycles. The van der Waals surface area contributed by atoms with Gasteiger partial charge in [0.1, 0.15) is 0 Å². The van der Waals surface area contributed by atoms with Crippen molar-refractivity contribution in [1.29, 1.82) is 0 Å². The second-order valence-corrected chi connectivity index (χ2v) is 7.34. The highest BCUT2D eigenvalue weighted by molar-refractivity contribution is 5.94. The molecule has 0 fully saturated rings. The fourth-order valence-corrected chi connectivity index (χ4v) is 3.34. The van der Waals surface area contributed by atoms with Gasteiger partial charge in [-0.05, 0) is 72.3 Å². The molecule has 0 aliphatic heterocycles. The zero-order chi connectivity index (χ0) is 18.0. The molecule has 0 saturated heterocycles. The van der Waals surface area contributed by atoms with E-state index in [1.807, 2.05) is 18.8 Å². The molecule has 1 aromatic heterocycles. The third-order valence-electron chi connectivity index (χ3n) is 4.81. The zero-order valence-electron chi connectivity index (χ0n) is 15.7. The molecular weight excluding hydrogens is 312 g/mol. The van der Waals surface area contributed by atoms with E-state index in [0.717, 1.165) is 43.5 Å². The van der Waals surface area contributed by atoms with E-state index >= 15 is 0 Å². The van der Waals surface area contributed by atoms with Gasteiger partial charge in [-0.3, -0.25) is 4.79 Å². The van der Waals surface area contributed by atoms with Crippen LogP contribution >= 0.6 is 0 Å². The van der Waals surface area contributed by atoms with Crippen molar-refractivity contribution in [2.45, 2.75) is 45.6 Å². The van der Waals surface area contributed by atoms with Crippen molar-refractivity contribution in [3.05, 3.63) is 46.8 Å². The second-order valence-electron chi connectivity index (χ2n) is 7.34. The minimum Gasteiger partial charge on any atom is -0.348 e. The van der Waals surface area contributed by atoms with E-state index in [2.05, 4.69) is 53.4 Å². The Balaban J connectivity index is 1.81. The van der Waals surface area contributed by atoms with Crippen LogP contribution in [-0.2, 0) is 12.8 Å². The quantitative estimate of drug-likeness (QED) is 0.880. The molecule has 0 bridgehead atoms. The van der Waals surface area contributed by atoms with Gasteiger partial charge < -0.3 is 10.2 Å². The number of nitrogens with zero attached hydrogens (tertiary/aromatic N) is 3. The van der Waals surface area contributed by atoms with Crippen molar-refractivity contribution < 1.29 is 4.79 Å². The van der Waals surface area contributed by atoms with Crippen molar-refractivity contribution >= 4 is 5.91 Å². The summed E-state index contributed by atoms with van der Waals surface area (Å²) in [5, 5.41) is 7.79. The van der Waals surface area contributed by atoms with Gasteiger partial charge in [0.25, 0.3) is 5.91 Å². The Morgan fingerprint density at radius 1 is 1.28 bits per heavy atom. The van der Waals surface area contributed by atoms with E-state index in [9.17, 15) is 4.79 Å². The summed E-state index contributed by atoms with van der Waals surface area (Å²) in [6, 6.07) is 8.45. The van der Waals surface area contributed by atoms with Crippen LogP contribution in [0.3, 0.4) is 0 Å². The number of hydrogen-bond acceptors (Lipinski definition) is 3. The maximum Gasteiger partial charge on any atom is 0.272 e. The molecule has 1 amide bonds. The minimum atomic E-state index is -0.0460. The van der Waals surface area contributed by atoms with Gasteiger partial charge in [-0.15, -0.1) is 0 Å². The third-order valence-corrected chi connectivity index (χ3v) is 4.81. The van der Waals surface area contributed by atoms with Crippen molar-refractivity contribution in [3.63, 3.8) is 0 Å². The van der Waals surface area contributed by atoms with Crippen molar-refractivity contribution in [3.8, 4) is 5.69 Å². The predicted octanol–water partition coefficient (Wildman–Crippen LogP) is 2.74. The van der Waals surface area contributed by atoms with Crippen LogP contribution in [0.4, 0.5) is 0 Å². The molecule has 0 radical (unpaired) electrons. The molecule has 0 unspecified atom stereocenters. The largest absolute Gasteiger partial charge is 0.348 e. The number of aryl methyl sites for hydroxylation is 1. The van der Waals surface area contributed by atoms with Gasteiger partial charge in [-0.1, -0.05) is 17.7 Å². The molecule has 134 valence electrons. The highest BCUT2D eigenvalue weighted by atomic mass is 16.2. The Morgan fingerprint density at radius 2 is 2.00 bits per heavy atom. The van der Waals surface area contributed by atoms with E-state index in [4.69, 9.17) is 0 Å². The molecular formula is C20H28N4O. The van der Waals surface area contributed by atoms with Gasteiger partial charge >= 0.3 is 0 Å². The normalized spacial score (nSPS) is 14.6. The lowest BCUT2D eigenvalue weighted by atomic mass is 10.1. The molecule has 1 aliphatic carbocycles. The van der Waals surface area contributed by atoms with E-state index < -0.39 is 0 Å². The molecule has 1 aliphatic rings. The highest BCUT2D eigenvalue weighted by Gasteiger charge is 2.27. The zero-order valence-corrected chi connectivity index (χ0v) is 15.7. The van der Waals surface area contributed by atoms with Crippen LogP contribution in [0.25, 0.3) is 5.69 Å². The van der Waals surface area contributed by atoms with Crippen molar-refractivity contribution in [2.24, 2.45) is 0 Å². The summed E-state index contributed by atoms with van der Waals surface area (Å²) in [6.45, 7) is 5.08.